The predicted molar refractivity (Wildman–Crippen MR) is 165 cm³/mol. The van der Waals surface area contributed by atoms with E-state index in [9.17, 15) is 34.8 Å². The zero-order valence-corrected chi connectivity index (χ0v) is 25.8. The van der Waals surface area contributed by atoms with E-state index in [-0.39, 0.29) is 29.6 Å². The Hall–Kier alpha value is -3.54. The molecule has 1 aromatic heterocycles. The number of nitrogens with zero attached hydrogens (tertiary/aromatic N) is 1. The Morgan fingerprint density at radius 3 is 2.69 bits per heavy atom. The number of oxime groups is 1. The van der Waals surface area contributed by atoms with Gasteiger partial charge in [0, 0.05) is 28.9 Å². The second kappa shape index (κ2) is 11.7. The smallest absolute Gasteiger partial charge is 0.326 e. The van der Waals surface area contributed by atoms with Crippen molar-refractivity contribution in [3.63, 3.8) is 0 Å². The van der Waals surface area contributed by atoms with Crippen molar-refractivity contribution < 1.29 is 39.6 Å². The first-order chi connectivity index (χ1) is 21.4. The summed E-state index contributed by atoms with van der Waals surface area (Å²) in [6, 6.07) is 6.45. The Kier molecular flexibility index (Phi) is 8.16. The third-order valence-corrected chi connectivity index (χ3v) is 11.8. The molecular formula is C34H43N3O8. The highest BCUT2D eigenvalue weighted by atomic mass is 16.6. The Balaban J connectivity index is 1.09. The van der Waals surface area contributed by atoms with E-state index in [1.807, 2.05) is 37.3 Å². The molecule has 0 aliphatic heterocycles. The number of Topliss-reactive ketones (excluding diaryl/α,β-unsaturated/α-hetero) is 1. The van der Waals surface area contributed by atoms with E-state index in [2.05, 4.69) is 22.4 Å². The highest BCUT2D eigenvalue weighted by Crippen LogP contribution is 2.67. The second-order valence-electron chi connectivity index (χ2n) is 14.0. The van der Waals surface area contributed by atoms with Crippen LogP contribution in [0.3, 0.4) is 0 Å². The first-order valence-corrected chi connectivity index (χ1v) is 15.9. The SMILES string of the molecule is C[C@]12CC/C(=N/OCC(=O)N[C@@H](Cc3c[nH]c4ccccc34)C(=O)O)C=C1CC[C@H]1[C@H]2[C@@H](O)C[C@@]2(C)[C@@H]1CC[C@]2(O)C(=O)CO. The van der Waals surface area contributed by atoms with E-state index >= 15 is 0 Å². The van der Waals surface area contributed by atoms with Gasteiger partial charge in [0.2, 0.25) is 0 Å². The number of carbonyl (C=O) groups excluding carboxylic acids is 2. The van der Waals surface area contributed by atoms with Gasteiger partial charge >= 0.3 is 5.97 Å². The molecule has 0 saturated heterocycles. The van der Waals surface area contributed by atoms with E-state index in [1.54, 1.807) is 6.20 Å². The fraction of sp³-hybridized carbons (Fsp3) is 0.588. The molecule has 3 fully saturated rings. The van der Waals surface area contributed by atoms with Crippen molar-refractivity contribution in [3.05, 3.63) is 47.7 Å². The summed E-state index contributed by atoms with van der Waals surface area (Å²) in [4.78, 5) is 45.7. The molecule has 3 saturated carbocycles. The first-order valence-electron chi connectivity index (χ1n) is 15.9. The van der Waals surface area contributed by atoms with E-state index in [1.165, 1.54) is 5.57 Å². The molecule has 4 aliphatic rings. The molecule has 1 aromatic carbocycles. The van der Waals surface area contributed by atoms with Gasteiger partial charge in [0.05, 0.1) is 11.8 Å². The van der Waals surface area contributed by atoms with Crippen molar-refractivity contribution in [3.8, 4) is 0 Å². The standard InChI is InChI=1S/C34H43N3O8/c1-32-11-9-21(37-45-18-29(41)36-26(31(42)43)13-19-16-35-25-6-4-3-5-22(19)25)14-20(32)7-8-23-24-10-12-34(44,28(40)17-38)33(24,2)15-27(39)30(23)32/h3-6,14,16,23-24,26-27,30,35,38-39,44H,7-13,15,17-18H2,1-2H3,(H,36,41)(H,42,43)/b37-21-/t23-,24-,26+,27+,30+,32+,33+,34+/m1/s1. The van der Waals surface area contributed by atoms with Crippen molar-refractivity contribution in [1.29, 1.82) is 0 Å². The van der Waals surface area contributed by atoms with Gasteiger partial charge in [-0.05, 0) is 85.8 Å². The number of fused-ring (bicyclic) bond motifs is 6. The number of aliphatic hydroxyl groups is 3. The van der Waals surface area contributed by atoms with Crippen LogP contribution in [-0.4, -0.2) is 79.7 Å². The van der Waals surface area contributed by atoms with Crippen LogP contribution < -0.4 is 5.32 Å². The van der Waals surface area contributed by atoms with E-state index in [0.717, 1.165) is 35.7 Å². The van der Waals surface area contributed by atoms with Crippen LogP contribution in [0.1, 0.15) is 64.4 Å². The molecule has 0 radical (unpaired) electrons. The molecule has 2 aromatic rings. The molecule has 11 heteroatoms. The summed E-state index contributed by atoms with van der Waals surface area (Å²) in [7, 11) is 0. The molecule has 0 spiro atoms. The van der Waals surface area contributed by atoms with Crippen LogP contribution in [0.5, 0.6) is 0 Å². The third-order valence-electron chi connectivity index (χ3n) is 11.8. The maximum absolute atomic E-state index is 12.6. The van der Waals surface area contributed by atoms with Gasteiger partial charge < -0.3 is 35.6 Å². The molecule has 242 valence electrons. The number of para-hydroxylation sites is 1. The summed E-state index contributed by atoms with van der Waals surface area (Å²) in [6.45, 7) is 2.98. The number of carboxylic acid groups (broad SMARTS) is 1. The number of allylic oxidation sites excluding steroid dienone is 2. The van der Waals surface area contributed by atoms with Gasteiger partial charge in [0.15, 0.2) is 12.4 Å². The molecular weight excluding hydrogens is 578 g/mol. The summed E-state index contributed by atoms with van der Waals surface area (Å²) < 4.78 is 0. The number of aliphatic carboxylic acids is 1. The maximum Gasteiger partial charge on any atom is 0.326 e. The summed E-state index contributed by atoms with van der Waals surface area (Å²) >= 11 is 0. The second-order valence-corrected chi connectivity index (χ2v) is 14.0. The lowest BCUT2D eigenvalue weighted by atomic mass is 9.45. The fourth-order valence-electron chi connectivity index (χ4n) is 9.49. The number of benzene rings is 1. The number of aliphatic hydroxyl groups excluding tert-OH is 2. The summed E-state index contributed by atoms with van der Waals surface area (Å²) in [5.74, 6) is -2.08. The zero-order valence-electron chi connectivity index (χ0n) is 25.8. The molecule has 0 bridgehead atoms. The van der Waals surface area contributed by atoms with Crippen LogP contribution in [0.2, 0.25) is 0 Å². The van der Waals surface area contributed by atoms with Gasteiger partial charge in [-0.2, -0.15) is 0 Å². The Labute approximate surface area is 261 Å². The van der Waals surface area contributed by atoms with Crippen LogP contribution in [-0.2, 0) is 25.6 Å². The number of rotatable bonds is 9. The fourth-order valence-corrected chi connectivity index (χ4v) is 9.49. The molecule has 0 unspecified atom stereocenters. The molecule has 8 atom stereocenters. The minimum absolute atomic E-state index is 0.0273. The molecule has 45 heavy (non-hydrogen) atoms. The molecule has 1 amide bonds. The van der Waals surface area contributed by atoms with Crippen LogP contribution in [0, 0.1) is 28.6 Å². The third kappa shape index (κ3) is 5.18. The molecule has 4 aliphatic carbocycles. The summed E-state index contributed by atoms with van der Waals surface area (Å²) in [6.07, 6.45) is 7.41. The summed E-state index contributed by atoms with van der Waals surface area (Å²) in [5.41, 5.74) is 0.877. The van der Waals surface area contributed by atoms with Gasteiger partial charge in [0.1, 0.15) is 18.2 Å². The molecule has 1 heterocycles. The zero-order chi connectivity index (χ0) is 32.1. The Morgan fingerprint density at radius 1 is 1.16 bits per heavy atom. The highest BCUT2D eigenvalue weighted by molar-refractivity contribution is 5.96. The van der Waals surface area contributed by atoms with Gasteiger partial charge in [-0.3, -0.25) is 9.59 Å². The number of nitrogens with one attached hydrogen (secondary N) is 2. The van der Waals surface area contributed by atoms with Crippen molar-refractivity contribution in [1.82, 2.24) is 10.3 Å². The number of amides is 1. The average Bonchev–Trinajstić information content (AvgIpc) is 3.54. The number of hydrogen-bond acceptors (Lipinski definition) is 8. The Bertz CT molecular complexity index is 1570. The van der Waals surface area contributed by atoms with Crippen LogP contribution in [0.15, 0.2) is 47.3 Å². The minimum Gasteiger partial charge on any atom is -0.480 e. The van der Waals surface area contributed by atoms with Crippen molar-refractivity contribution in [2.75, 3.05) is 13.2 Å². The number of ketones is 1. The lowest BCUT2D eigenvalue weighted by Crippen LogP contribution is -2.62. The van der Waals surface area contributed by atoms with Crippen LogP contribution >= 0.6 is 0 Å². The van der Waals surface area contributed by atoms with Crippen molar-refractivity contribution in [2.24, 2.45) is 33.7 Å². The maximum atomic E-state index is 12.6. The number of carboxylic acids is 1. The highest BCUT2D eigenvalue weighted by Gasteiger charge is 2.68. The van der Waals surface area contributed by atoms with Gasteiger partial charge in [-0.1, -0.05) is 42.8 Å². The number of aromatic amines is 1. The lowest BCUT2D eigenvalue weighted by Gasteiger charge is -2.60. The summed E-state index contributed by atoms with van der Waals surface area (Å²) in [5, 5.41) is 49.9. The van der Waals surface area contributed by atoms with Crippen LogP contribution in [0.4, 0.5) is 0 Å². The van der Waals surface area contributed by atoms with Gasteiger partial charge in [-0.25, -0.2) is 4.79 Å². The molecule has 6 N–H and O–H groups in total. The molecule has 6 rings (SSSR count). The van der Waals surface area contributed by atoms with E-state index in [0.29, 0.717) is 31.4 Å². The molecule has 11 nitrogen and oxygen atoms in total. The number of aromatic nitrogens is 1. The van der Waals surface area contributed by atoms with Gasteiger partial charge in [0.25, 0.3) is 5.91 Å². The number of H-pyrrole nitrogens is 1. The number of hydrogen-bond donors (Lipinski definition) is 6. The average molecular weight is 622 g/mol. The largest absolute Gasteiger partial charge is 0.480 e. The predicted octanol–water partition coefficient (Wildman–Crippen LogP) is 2.88. The van der Waals surface area contributed by atoms with Crippen molar-refractivity contribution >= 4 is 34.3 Å². The van der Waals surface area contributed by atoms with Crippen LogP contribution in [0.25, 0.3) is 10.9 Å². The monoisotopic (exact) mass is 621 g/mol. The van der Waals surface area contributed by atoms with Crippen molar-refractivity contribution in [2.45, 2.75) is 83.0 Å². The van der Waals surface area contributed by atoms with Gasteiger partial charge in [-0.15, -0.1) is 0 Å². The Morgan fingerprint density at radius 2 is 1.93 bits per heavy atom. The quantitative estimate of drug-likeness (QED) is 0.231. The van der Waals surface area contributed by atoms with E-state index in [4.69, 9.17) is 4.84 Å². The number of carbonyl (C=O) groups is 3. The van der Waals surface area contributed by atoms with E-state index < -0.39 is 54.0 Å². The minimum atomic E-state index is -1.62. The lowest BCUT2D eigenvalue weighted by molar-refractivity contribution is -0.181. The topological polar surface area (TPSA) is 182 Å². The first kappa shape index (κ1) is 31.4. The normalized spacial score (nSPS) is 35.6.